The number of rotatable bonds is 5. The Morgan fingerprint density at radius 2 is 1.76 bits per heavy atom. The van der Waals surface area contributed by atoms with E-state index < -0.39 is 41.6 Å². The van der Waals surface area contributed by atoms with Gasteiger partial charge >= 0.3 is 6.03 Å². The largest absolute Gasteiger partial charge is 0.325 e. The van der Waals surface area contributed by atoms with Gasteiger partial charge in [-0.25, -0.2) is 13.6 Å². The Morgan fingerprint density at radius 3 is 2.38 bits per heavy atom. The number of anilines is 1. The predicted octanol–water partition coefficient (Wildman–Crippen LogP) is 2.57. The molecular weight excluding hydrogens is 384 g/mol. The maximum atomic E-state index is 14.1. The SMILES string of the molecule is CC(=O)c1ccc(NC(=O)CN2C(=O)N[C@@](C)(c3cc(F)ccc3F)C2=O)cc1. The van der Waals surface area contributed by atoms with Crippen LogP contribution in [0.25, 0.3) is 0 Å². The first-order valence-corrected chi connectivity index (χ1v) is 8.62. The maximum absolute atomic E-state index is 14.1. The molecule has 29 heavy (non-hydrogen) atoms. The van der Waals surface area contributed by atoms with Gasteiger partial charge in [0.2, 0.25) is 5.91 Å². The van der Waals surface area contributed by atoms with Crippen molar-refractivity contribution < 1.29 is 28.0 Å². The minimum atomic E-state index is -1.84. The predicted molar refractivity (Wildman–Crippen MR) is 99.0 cm³/mol. The van der Waals surface area contributed by atoms with Gasteiger partial charge in [-0.05, 0) is 56.3 Å². The molecule has 1 aliphatic rings. The van der Waals surface area contributed by atoms with Gasteiger partial charge in [-0.15, -0.1) is 0 Å². The molecule has 2 aromatic rings. The Bertz CT molecular complexity index is 1020. The highest BCUT2D eigenvalue weighted by molar-refractivity contribution is 6.10. The third kappa shape index (κ3) is 3.84. The summed E-state index contributed by atoms with van der Waals surface area (Å²) >= 11 is 0. The number of urea groups is 1. The number of imide groups is 1. The lowest BCUT2D eigenvalue weighted by Crippen LogP contribution is -2.42. The van der Waals surface area contributed by atoms with Crippen LogP contribution in [0.15, 0.2) is 42.5 Å². The molecule has 0 unspecified atom stereocenters. The molecule has 0 spiro atoms. The van der Waals surface area contributed by atoms with Gasteiger partial charge in [-0.2, -0.15) is 0 Å². The molecule has 2 aromatic carbocycles. The molecule has 1 aliphatic heterocycles. The average Bonchev–Trinajstić information content (AvgIpc) is 2.88. The van der Waals surface area contributed by atoms with Crippen molar-refractivity contribution in [2.75, 3.05) is 11.9 Å². The first kappa shape index (κ1) is 20.1. The van der Waals surface area contributed by atoms with Crippen LogP contribution < -0.4 is 10.6 Å². The lowest BCUT2D eigenvalue weighted by Gasteiger charge is -2.22. The van der Waals surface area contributed by atoms with E-state index >= 15 is 0 Å². The summed E-state index contributed by atoms with van der Waals surface area (Å²) in [6.07, 6.45) is 0. The van der Waals surface area contributed by atoms with Crippen molar-refractivity contribution >= 4 is 29.3 Å². The smallest absolute Gasteiger partial charge is 0.325 e. The zero-order valence-corrected chi connectivity index (χ0v) is 15.6. The van der Waals surface area contributed by atoms with Gasteiger partial charge in [-0.1, -0.05) is 0 Å². The van der Waals surface area contributed by atoms with Crippen LogP contribution >= 0.6 is 0 Å². The molecule has 3 rings (SSSR count). The third-order valence-corrected chi connectivity index (χ3v) is 4.62. The van der Waals surface area contributed by atoms with Crippen LogP contribution in [0.3, 0.4) is 0 Å². The van der Waals surface area contributed by atoms with Gasteiger partial charge in [0.25, 0.3) is 5.91 Å². The van der Waals surface area contributed by atoms with Crippen LogP contribution in [-0.2, 0) is 15.1 Å². The normalized spacial score (nSPS) is 18.6. The fourth-order valence-electron chi connectivity index (χ4n) is 3.04. The first-order valence-electron chi connectivity index (χ1n) is 8.62. The molecule has 2 N–H and O–H groups in total. The molecule has 1 saturated heterocycles. The summed E-state index contributed by atoms with van der Waals surface area (Å²) in [7, 11) is 0. The van der Waals surface area contributed by atoms with Crippen LogP contribution in [0, 0.1) is 11.6 Å². The van der Waals surface area contributed by atoms with E-state index in [1.165, 1.54) is 38.1 Å². The number of hydrogen-bond donors (Lipinski definition) is 2. The standard InChI is InChI=1S/C20H17F2N3O4/c1-11(26)12-3-6-14(7-4-12)23-17(27)10-25-18(28)20(2,24-19(25)29)15-9-13(21)5-8-16(15)22/h3-9H,10H2,1-2H3,(H,23,27)(H,24,29)/t20-/m0/s1. The number of nitrogens with one attached hydrogen (secondary N) is 2. The summed E-state index contributed by atoms with van der Waals surface area (Å²) in [5.41, 5.74) is -1.35. The van der Waals surface area contributed by atoms with E-state index in [1.807, 2.05) is 0 Å². The van der Waals surface area contributed by atoms with Gasteiger partial charge < -0.3 is 10.6 Å². The number of amides is 4. The summed E-state index contributed by atoms with van der Waals surface area (Å²) in [4.78, 5) is 49.2. The molecule has 0 aromatic heterocycles. The van der Waals surface area contributed by atoms with Crippen LogP contribution in [0.2, 0.25) is 0 Å². The lowest BCUT2D eigenvalue weighted by atomic mass is 9.91. The van der Waals surface area contributed by atoms with E-state index in [0.29, 0.717) is 16.2 Å². The number of carbonyl (C=O) groups is 4. The summed E-state index contributed by atoms with van der Waals surface area (Å²) in [6.45, 7) is 2.03. The highest BCUT2D eigenvalue weighted by Gasteiger charge is 2.50. The Kier molecular flexibility index (Phi) is 5.15. The minimum Gasteiger partial charge on any atom is -0.325 e. The molecular formula is C20H17F2N3O4. The average molecular weight is 401 g/mol. The summed E-state index contributed by atoms with van der Waals surface area (Å²) in [5.74, 6) is -3.32. The van der Waals surface area contributed by atoms with E-state index in [0.717, 1.165) is 18.2 Å². The monoisotopic (exact) mass is 401 g/mol. The molecule has 150 valence electrons. The Balaban J connectivity index is 1.75. The summed E-state index contributed by atoms with van der Waals surface area (Å²) in [6, 6.07) is 7.74. The van der Waals surface area contributed by atoms with Crippen molar-refractivity contribution in [1.82, 2.24) is 10.2 Å². The second-order valence-corrected chi connectivity index (χ2v) is 6.75. The van der Waals surface area contributed by atoms with Gasteiger partial charge in [0.1, 0.15) is 23.7 Å². The zero-order chi connectivity index (χ0) is 21.3. The van der Waals surface area contributed by atoms with E-state index in [4.69, 9.17) is 0 Å². The second-order valence-electron chi connectivity index (χ2n) is 6.75. The van der Waals surface area contributed by atoms with E-state index in [2.05, 4.69) is 10.6 Å². The highest BCUT2D eigenvalue weighted by atomic mass is 19.1. The molecule has 1 fully saturated rings. The van der Waals surface area contributed by atoms with Crippen molar-refractivity contribution in [3.05, 3.63) is 65.2 Å². The molecule has 0 bridgehead atoms. The number of benzene rings is 2. The number of Topliss-reactive ketones (excluding diaryl/α,β-unsaturated/α-hetero) is 1. The number of carbonyl (C=O) groups excluding carboxylic acids is 4. The lowest BCUT2D eigenvalue weighted by molar-refractivity contribution is -0.133. The number of nitrogens with zero attached hydrogens (tertiary/aromatic N) is 1. The van der Waals surface area contributed by atoms with Crippen molar-refractivity contribution in [2.45, 2.75) is 19.4 Å². The third-order valence-electron chi connectivity index (χ3n) is 4.62. The van der Waals surface area contributed by atoms with Gasteiger partial charge in [0.15, 0.2) is 5.78 Å². The maximum Gasteiger partial charge on any atom is 0.325 e. The van der Waals surface area contributed by atoms with Gasteiger partial charge in [-0.3, -0.25) is 19.3 Å². The van der Waals surface area contributed by atoms with Crippen LogP contribution in [0.5, 0.6) is 0 Å². The van der Waals surface area contributed by atoms with Crippen molar-refractivity contribution in [3.63, 3.8) is 0 Å². The minimum absolute atomic E-state index is 0.133. The fourth-order valence-corrected chi connectivity index (χ4v) is 3.04. The quantitative estimate of drug-likeness (QED) is 0.595. The highest BCUT2D eigenvalue weighted by Crippen LogP contribution is 2.31. The van der Waals surface area contributed by atoms with Crippen LogP contribution in [-0.4, -0.2) is 35.1 Å². The molecule has 9 heteroatoms. The van der Waals surface area contributed by atoms with E-state index in [1.54, 1.807) is 0 Å². The Hall–Kier alpha value is -3.62. The second kappa shape index (κ2) is 7.42. The number of ketones is 1. The number of hydrogen-bond acceptors (Lipinski definition) is 4. The molecule has 0 radical (unpaired) electrons. The fraction of sp³-hybridized carbons (Fsp3) is 0.200. The van der Waals surface area contributed by atoms with E-state index in [9.17, 15) is 28.0 Å². The van der Waals surface area contributed by atoms with Crippen LogP contribution in [0.4, 0.5) is 19.3 Å². The van der Waals surface area contributed by atoms with Gasteiger partial charge in [0.05, 0.1) is 0 Å². The topological polar surface area (TPSA) is 95.6 Å². The molecule has 4 amide bonds. The number of halogens is 2. The van der Waals surface area contributed by atoms with E-state index in [-0.39, 0.29) is 11.3 Å². The van der Waals surface area contributed by atoms with Gasteiger partial charge in [0, 0.05) is 16.8 Å². The van der Waals surface area contributed by atoms with Crippen molar-refractivity contribution in [1.29, 1.82) is 0 Å². The summed E-state index contributed by atoms with van der Waals surface area (Å²) < 4.78 is 27.7. The summed E-state index contributed by atoms with van der Waals surface area (Å²) in [5, 5.41) is 4.82. The molecule has 0 saturated carbocycles. The molecule has 7 nitrogen and oxygen atoms in total. The zero-order valence-electron chi connectivity index (χ0n) is 15.6. The molecule has 0 aliphatic carbocycles. The van der Waals surface area contributed by atoms with Crippen molar-refractivity contribution in [3.8, 4) is 0 Å². The molecule has 1 heterocycles. The Labute approximate surface area is 164 Å². The Morgan fingerprint density at radius 1 is 1.10 bits per heavy atom. The van der Waals surface area contributed by atoms with Crippen molar-refractivity contribution in [2.24, 2.45) is 0 Å². The first-order chi connectivity index (χ1) is 13.6. The molecule has 1 atom stereocenters. The van der Waals surface area contributed by atoms with Crippen LogP contribution in [0.1, 0.15) is 29.8 Å².